The predicted octanol–water partition coefficient (Wildman–Crippen LogP) is 1.17. The molecule has 16 heavy (non-hydrogen) atoms. The first-order valence-corrected chi connectivity index (χ1v) is 4.60. The van der Waals surface area contributed by atoms with Crippen molar-refractivity contribution in [3.63, 3.8) is 0 Å². The van der Waals surface area contributed by atoms with E-state index in [-0.39, 0.29) is 16.9 Å². The predicted molar refractivity (Wildman–Crippen MR) is 56.7 cm³/mol. The van der Waals surface area contributed by atoms with Gasteiger partial charge in [-0.1, -0.05) is 0 Å². The van der Waals surface area contributed by atoms with E-state index in [9.17, 15) is 9.59 Å². The third kappa shape index (κ3) is 1.86. The van der Waals surface area contributed by atoms with Gasteiger partial charge in [-0.15, -0.1) is 0 Å². The molecular weight excluding hydrogens is 204 g/mol. The van der Waals surface area contributed by atoms with Gasteiger partial charge >= 0.3 is 0 Å². The lowest BCUT2D eigenvalue weighted by Gasteiger charge is -2.01. The van der Waals surface area contributed by atoms with Crippen LogP contribution in [0.3, 0.4) is 0 Å². The van der Waals surface area contributed by atoms with E-state index in [0.29, 0.717) is 5.56 Å². The van der Waals surface area contributed by atoms with Crippen molar-refractivity contribution >= 4 is 12.1 Å². The average Bonchev–Trinajstić information content (AvgIpc) is 2.39. The number of ketones is 1. The largest absolute Gasteiger partial charge is 0.289 e. The van der Waals surface area contributed by atoms with Crippen molar-refractivity contribution in [2.45, 2.75) is 0 Å². The van der Waals surface area contributed by atoms with Gasteiger partial charge in [0, 0.05) is 35.9 Å². The quantitative estimate of drug-likeness (QED) is 0.715. The van der Waals surface area contributed by atoms with Crippen LogP contribution in [0.25, 0.3) is 0 Å². The molecule has 0 amide bonds. The molecule has 0 saturated heterocycles. The van der Waals surface area contributed by atoms with Crippen LogP contribution in [-0.4, -0.2) is 22.0 Å². The molecule has 2 aromatic heterocycles. The fourth-order valence-corrected chi connectivity index (χ4v) is 1.33. The summed E-state index contributed by atoms with van der Waals surface area (Å²) in [4.78, 5) is 30.2. The highest BCUT2D eigenvalue weighted by Gasteiger charge is 2.13. The van der Waals surface area contributed by atoms with Crippen LogP contribution in [0, 0.1) is 0 Å². The number of carbonyl (C=O) groups is 1. The molecule has 1 radical (unpaired) electrons. The second-order valence-corrected chi connectivity index (χ2v) is 3.09. The van der Waals surface area contributed by atoms with Crippen LogP contribution >= 0.6 is 0 Å². The normalized spacial score (nSPS) is 9.75. The van der Waals surface area contributed by atoms with Crippen LogP contribution in [0.1, 0.15) is 21.5 Å². The van der Waals surface area contributed by atoms with E-state index in [2.05, 4.69) is 9.97 Å². The Morgan fingerprint density at radius 3 is 2.62 bits per heavy atom. The van der Waals surface area contributed by atoms with Crippen LogP contribution in [0.2, 0.25) is 0 Å². The lowest BCUT2D eigenvalue weighted by Crippen LogP contribution is -2.05. The summed E-state index contributed by atoms with van der Waals surface area (Å²) in [6.45, 7) is 0. The molecule has 0 aliphatic carbocycles. The fourth-order valence-electron chi connectivity index (χ4n) is 1.33. The highest BCUT2D eigenvalue weighted by molar-refractivity contribution is 6.12. The minimum Gasteiger partial charge on any atom is -0.289 e. The molecule has 0 fully saturated rings. The topological polar surface area (TPSA) is 59.9 Å². The molecule has 0 atom stereocenters. The average molecular weight is 211 g/mol. The molecule has 4 nitrogen and oxygen atoms in total. The third-order valence-corrected chi connectivity index (χ3v) is 2.10. The highest BCUT2D eigenvalue weighted by Crippen LogP contribution is 2.10. The molecule has 2 aromatic rings. The third-order valence-electron chi connectivity index (χ3n) is 2.10. The Morgan fingerprint density at radius 2 is 1.94 bits per heavy atom. The minimum atomic E-state index is -0.256. The lowest BCUT2D eigenvalue weighted by atomic mass is 10.0. The maximum Gasteiger partial charge on any atom is 0.235 e. The molecule has 0 saturated carbocycles. The first-order chi connectivity index (χ1) is 7.83. The van der Waals surface area contributed by atoms with Gasteiger partial charge in [0.1, 0.15) is 0 Å². The van der Waals surface area contributed by atoms with Crippen molar-refractivity contribution in [3.05, 3.63) is 59.7 Å². The van der Waals surface area contributed by atoms with Crippen molar-refractivity contribution in [1.29, 1.82) is 0 Å². The van der Waals surface area contributed by atoms with E-state index in [1.807, 2.05) is 0 Å². The summed E-state index contributed by atoms with van der Waals surface area (Å²) in [5.41, 5.74) is 0.888. The Balaban J connectivity index is 2.46. The Kier molecular flexibility index (Phi) is 2.82. The maximum absolute atomic E-state index is 12.0. The Morgan fingerprint density at radius 1 is 1.12 bits per heavy atom. The monoisotopic (exact) mass is 211 g/mol. The number of pyridine rings is 2. The molecule has 0 unspecified atom stereocenters. The van der Waals surface area contributed by atoms with E-state index < -0.39 is 0 Å². The molecular formula is C12H7N2O2. The van der Waals surface area contributed by atoms with Gasteiger partial charge in [-0.25, -0.2) is 0 Å². The van der Waals surface area contributed by atoms with Crippen molar-refractivity contribution in [3.8, 4) is 0 Å². The van der Waals surface area contributed by atoms with Crippen LogP contribution < -0.4 is 0 Å². The van der Waals surface area contributed by atoms with Crippen LogP contribution in [0.5, 0.6) is 0 Å². The molecule has 0 N–H and O–H groups in total. The SMILES string of the molecule is O=[C]c1cnccc1C(=O)c1cccnc1. The molecule has 4 heteroatoms. The van der Waals surface area contributed by atoms with Crippen molar-refractivity contribution < 1.29 is 9.59 Å². The summed E-state index contributed by atoms with van der Waals surface area (Å²) in [6.07, 6.45) is 7.51. The van der Waals surface area contributed by atoms with E-state index in [1.165, 1.54) is 24.7 Å². The first kappa shape index (κ1) is 10.2. The van der Waals surface area contributed by atoms with Crippen LogP contribution in [0.4, 0.5) is 0 Å². The van der Waals surface area contributed by atoms with Crippen LogP contribution in [-0.2, 0) is 4.79 Å². The van der Waals surface area contributed by atoms with Gasteiger partial charge in [0.15, 0.2) is 5.78 Å². The van der Waals surface area contributed by atoms with Crippen molar-refractivity contribution in [1.82, 2.24) is 9.97 Å². The molecule has 2 rings (SSSR count). The fraction of sp³-hybridized carbons (Fsp3) is 0. The summed E-state index contributed by atoms with van der Waals surface area (Å²) >= 11 is 0. The maximum atomic E-state index is 12.0. The lowest BCUT2D eigenvalue weighted by molar-refractivity contribution is 0.103. The highest BCUT2D eigenvalue weighted by atomic mass is 16.1. The van der Waals surface area contributed by atoms with Gasteiger partial charge in [0.25, 0.3) is 0 Å². The van der Waals surface area contributed by atoms with Crippen LogP contribution in [0.15, 0.2) is 43.0 Å². The van der Waals surface area contributed by atoms with Gasteiger partial charge in [-0.3, -0.25) is 19.6 Å². The summed E-state index contributed by atoms with van der Waals surface area (Å²) < 4.78 is 0. The second kappa shape index (κ2) is 4.44. The molecule has 2 heterocycles. The van der Waals surface area contributed by atoms with E-state index in [1.54, 1.807) is 24.6 Å². The summed E-state index contributed by atoms with van der Waals surface area (Å²) in [7, 11) is 0. The van der Waals surface area contributed by atoms with Gasteiger partial charge in [-0.05, 0) is 18.2 Å². The Bertz CT molecular complexity index is 524. The van der Waals surface area contributed by atoms with E-state index in [4.69, 9.17) is 0 Å². The number of rotatable bonds is 3. The number of hydrogen-bond donors (Lipinski definition) is 0. The van der Waals surface area contributed by atoms with Crippen molar-refractivity contribution in [2.75, 3.05) is 0 Å². The van der Waals surface area contributed by atoms with Gasteiger partial charge in [0.2, 0.25) is 6.29 Å². The van der Waals surface area contributed by atoms with Crippen molar-refractivity contribution in [2.24, 2.45) is 0 Å². The number of aromatic nitrogens is 2. The number of nitrogens with zero attached hydrogens (tertiary/aromatic N) is 2. The zero-order chi connectivity index (χ0) is 11.4. The summed E-state index contributed by atoms with van der Waals surface area (Å²) in [5.74, 6) is -0.256. The molecule has 0 spiro atoms. The smallest absolute Gasteiger partial charge is 0.235 e. The standard InChI is InChI=1S/C12H7N2O2/c15-8-10-7-14-5-3-11(10)12(16)9-2-1-4-13-6-9/h1-7H. The molecule has 77 valence electrons. The number of hydrogen-bond acceptors (Lipinski definition) is 4. The Hall–Kier alpha value is -2.36. The minimum absolute atomic E-state index is 0.163. The van der Waals surface area contributed by atoms with Gasteiger partial charge in [-0.2, -0.15) is 0 Å². The van der Waals surface area contributed by atoms with Gasteiger partial charge in [0.05, 0.1) is 5.56 Å². The zero-order valence-electron chi connectivity index (χ0n) is 8.25. The van der Waals surface area contributed by atoms with E-state index in [0.717, 1.165) is 0 Å². The van der Waals surface area contributed by atoms with Gasteiger partial charge < -0.3 is 0 Å². The second-order valence-electron chi connectivity index (χ2n) is 3.09. The number of carbonyl (C=O) groups excluding carboxylic acids is 2. The molecule has 0 aliphatic heterocycles. The Labute approximate surface area is 92.0 Å². The zero-order valence-corrected chi connectivity index (χ0v) is 8.25. The van der Waals surface area contributed by atoms with E-state index >= 15 is 0 Å². The first-order valence-electron chi connectivity index (χ1n) is 4.60. The summed E-state index contributed by atoms with van der Waals surface area (Å²) in [6, 6.07) is 4.80. The molecule has 0 bridgehead atoms. The molecule has 0 aliphatic rings. The summed E-state index contributed by atoms with van der Waals surface area (Å²) in [5, 5.41) is 0. The molecule has 0 aromatic carbocycles.